The SMILES string of the molecule is C[Si](C)(C)O/C(=C/c1ccc(Cl)cc1)[Si](C)(C)C. The van der Waals surface area contributed by atoms with Gasteiger partial charge in [-0.2, -0.15) is 0 Å². The molecule has 0 bridgehead atoms. The maximum absolute atomic E-state index is 6.27. The molecule has 0 radical (unpaired) electrons. The fourth-order valence-corrected chi connectivity index (χ4v) is 5.03. The van der Waals surface area contributed by atoms with Crippen LogP contribution in [0.2, 0.25) is 44.3 Å². The van der Waals surface area contributed by atoms with Crippen molar-refractivity contribution < 1.29 is 4.43 Å². The van der Waals surface area contributed by atoms with Gasteiger partial charge in [0, 0.05) is 5.02 Å². The van der Waals surface area contributed by atoms with E-state index in [1.165, 1.54) is 5.38 Å². The Hall–Kier alpha value is -0.516. The molecule has 18 heavy (non-hydrogen) atoms. The summed E-state index contributed by atoms with van der Waals surface area (Å²) in [4.78, 5) is 0. The zero-order valence-corrected chi connectivity index (χ0v) is 14.9. The molecule has 0 saturated heterocycles. The summed E-state index contributed by atoms with van der Waals surface area (Å²) in [5, 5.41) is 1.96. The van der Waals surface area contributed by atoms with Gasteiger partial charge in [0.2, 0.25) is 8.32 Å². The molecule has 0 unspecified atom stereocenters. The van der Waals surface area contributed by atoms with E-state index in [0.717, 1.165) is 10.6 Å². The van der Waals surface area contributed by atoms with E-state index < -0.39 is 16.4 Å². The lowest BCUT2D eigenvalue weighted by Crippen LogP contribution is -2.34. The van der Waals surface area contributed by atoms with Gasteiger partial charge in [-0.1, -0.05) is 43.4 Å². The van der Waals surface area contributed by atoms with Crippen molar-refractivity contribution in [2.75, 3.05) is 0 Å². The van der Waals surface area contributed by atoms with Gasteiger partial charge >= 0.3 is 0 Å². The van der Waals surface area contributed by atoms with Gasteiger partial charge in [0.15, 0.2) is 0 Å². The molecule has 0 N–H and O–H groups in total. The molecule has 0 heterocycles. The monoisotopic (exact) mass is 298 g/mol. The molecule has 4 heteroatoms. The van der Waals surface area contributed by atoms with E-state index in [1.54, 1.807) is 0 Å². The molecule has 0 saturated carbocycles. The number of hydrogen-bond donors (Lipinski definition) is 0. The van der Waals surface area contributed by atoms with Crippen molar-refractivity contribution in [1.82, 2.24) is 0 Å². The van der Waals surface area contributed by atoms with E-state index in [-0.39, 0.29) is 0 Å². The van der Waals surface area contributed by atoms with Crippen LogP contribution in [0.3, 0.4) is 0 Å². The van der Waals surface area contributed by atoms with Gasteiger partial charge in [-0.15, -0.1) is 0 Å². The molecule has 0 spiro atoms. The summed E-state index contributed by atoms with van der Waals surface area (Å²) in [6, 6.07) is 7.92. The predicted molar refractivity (Wildman–Crippen MR) is 87.2 cm³/mol. The van der Waals surface area contributed by atoms with E-state index in [9.17, 15) is 0 Å². The normalized spacial score (nSPS) is 13.6. The maximum Gasteiger partial charge on any atom is 0.241 e. The third-order valence-electron chi connectivity index (χ3n) is 2.32. The average molecular weight is 299 g/mol. The van der Waals surface area contributed by atoms with Crippen molar-refractivity contribution in [2.45, 2.75) is 39.3 Å². The van der Waals surface area contributed by atoms with Crippen LogP contribution in [-0.4, -0.2) is 16.4 Å². The quantitative estimate of drug-likeness (QED) is 0.533. The van der Waals surface area contributed by atoms with Gasteiger partial charge < -0.3 is 4.43 Å². The molecular weight excluding hydrogens is 276 g/mol. The minimum atomic E-state index is -1.55. The zero-order chi connectivity index (χ0) is 14.0. The van der Waals surface area contributed by atoms with Crippen molar-refractivity contribution in [3.8, 4) is 0 Å². The molecule has 0 aromatic heterocycles. The fourth-order valence-electron chi connectivity index (χ4n) is 1.44. The van der Waals surface area contributed by atoms with E-state index in [4.69, 9.17) is 16.0 Å². The first-order valence-corrected chi connectivity index (χ1v) is 13.5. The summed E-state index contributed by atoms with van der Waals surface area (Å²) in [5.74, 6) is 0. The number of halogens is 1. The van der Waals surface area contributed by atoms with Gasteiger partial charge in [-0.05, 0) is 43.4 Å². The van der Waals surface area contributed by atoms with Crippen LogP contribution in [0, 0.1) is 0 Å². The predicted octanol–water partition coefficient (Wildman–Crippen LogP) is 5.41. The Balaban J connectivity index is 3.07. The van der Waals surface area contributed by atoms with Gasteiger partial charge in [-0.3, -0.25) is 0 Å². The molecule has 100 valence electrons. The second kappa shape index (κ2) is 5.63. The van der Waals surface area contributed by atoms with E-state index in [1.807, 2.05) is 24.3 Å². The van der Waals surface area contributed by atoms with Crippen LogP contribution < -0.4 is 0 Å². The Kier molecular flexibility index (Phi) is 4.86. The lowest BCUT2D eigenvalue weighted by Gasteiger charge is -2.29. The first-order chi connectivity index (χ1) is 8.08. The Labute approximate surface area is 118 Å². The molecule has 1 aromatic rings. The average Bonchev–Trinajstić information content (AvgIpc) is 2.17. The fraction of sp³-hybridized carbons (Fsp3) is 0.429. The topological polar surface area (TPSA) is 9.23 Å². The highest BCUT2D eigenvalue weighted by Gasteiger charge is 2.27. The molecule has 1 nitrogen and oxygen atoms in total. The Morgan fingerprint density at radius 1 is 1.00 bits per heavy atom. The van der Waals surface area contributed by atoms with Crippen LogP contribution in [0.5, 0.6) is 0 Å². The highest BCUT2D eigenvalue weighted by Crippen LogP contribution is 2.24. The molecule has 0 atom stereocenters. The molecule has 0 amide bonds. The number of benzene rings is 1. The Bertz CT molecular complexity index is 425. The second-order valence-corrected chi connectivity index (χ2v) is 16.4. The summed E-state index contributed by atoms with van der Waals surface area (Å²) in [7, 11) is -3.01. The van der Waals surface area contributed by atoms with E-state index in [2.05, 4.69) is 45.4 Å². The lowest BCUT2D eigenvalue weighted by atomic mass is 10.2. The first kappa shape index (κ1) is 15.5. The zero-order valence-electron chi connectivity index (χ0n) is 12.2. The van der Waals surface area contributed by atoms with E-state index >= 15 is 0 Å². The summed E-state index contributed by atoms with van der Waals surface area (Å²) < 4.78 is 6.27. The van der Waals surface area contributed by atoms with Crippen molar-refractivity contribution >= 4 is 34.1 Å². The Morgan fingerprint density at radius 3 is 1.89 bits per heavy atom. The van der Waals surface area contributed by atoms with Crippen LogP contribution in [0.15, 0.2) is 29.6 Å². The van der Waals surface area contributed by atoms with Crippen LogP contribution in [0.25, 0.3) is 6.08 Å². The van der Waals surface area contributed by atoms with Crippen molar-refractivity contribution in [1.29, 1.82) is 0 Å². The lowest BCUT2D eigenvalue weighted by molar-refractivity contribution is 0.457. The molecule has 1 rings (SSSR count). The van der Waals surface area contributed by atoms with Crippen molar-refractivity contribution in [3.05, 3.63) is 40.2 Å². The number of hydrogen-bond acceptors (Lipinski definition) is 1. The van der Waals surface area contributed by atoms with Gasteiger partial charge in [0.25, 0.3) is 0 Å². The summed E-state index contributed by atoms with van der Waals surface area (Å²) in [6.07, 6.45) is 2.18. The third-order valence-corrected chi connectivity index (χ3v) is 5.34. The summed E-state index contributed by atoms with van der Waals surface area (Å²) >= 11 is 5.91. The standard InChI is InChI=1S/C14H23ClOSi2/c1-17(2,3)14(16-18(4,5)6)11-12-7-9-13(15)10-8-12/h7-11H,1-6H3/b14-11-. The largest absolute Gasteiger partial charge is 0.551 e. The highest BCUT2D eigenvalue weighted by molar-refractivity contribution is 6.84. The van der Waals surface area contributed by atoms with Gasteiger partial charge in [-0.25, -0.2) is 0 Å². The van der Waals surface area contributed by atoms with Gasteiger partial charge in [0.05, 0.1) is 5.38 Å². The molecule has 0 aliphatic heterocycles. The summed E-state index contributed by atoms with van der Waals surface area (Å²) in [6.45, 7) is 13.6. The molecule has 0 fully saturated rings. The van der Waals surface area contributed by atoms with Crippen LogP contribution in [0.1, 0.15) is 5.56 Å². The van der Waals surface area contributed by atoms with E-state index in [0.29, 0.717) is 0 Å². The molecule has 0 aliphatic carbocycles. The van der Waals surface area contributed by atoms with Crippen molar-refractivity contribution in [2.24, 2.45) is 0 Å². The number of rotatable bonds is 4. The molecular formula is C14H23ClOSi2. The van der Waals surface area contributed by atoms with Gasteiger partial charge in [0.1, 0.15) is 8.07 Å². The minimum Gasteiger partial charge on any atom is -0.551 e. The summed E-state index contributed by atoms with van der Waals surface area (Å²) in [5.41, 5.74) is 1.16. The smallest absolute Gasteiger partial charge is 0.241 e. The van der Waals surface area contributed by atoms with Crippen LogP contribution >= 0.6 is 11.6 Å². The minimum absolute atomic E-state index is 0.771. The third kappa shape index (κ3) is 5.42. The van der Waals surface area contributed by atoms with Crippen LogP contribution in [-0.2, 0) is 4.43 Å². The van der Waals surface area contributed by atoms with Crippen LogP contribution in [0.4, 0.5) is 0 Å². The highest BCUT2D eigenvalue weighted by atomic mass is 35.5. The molecule has 0 aliphatic rings. The molecule has 1 aromatic carbocycles. The first-order valence-electron chi connectivity index (χ1n) is 6.25. The second-order valence-electron chi connectivity index (χ2n) is 6.52. The maximum atomic E-state index is 6.27. The Morgan fingerprint density at radius 2 is 1.50 bits per heavy atom. The van der Waals surface area contributed by atoms with Crippen molar-refractivity contribution in [3.63, 3.8) is 0 Å².